The fourth-order valence-corrected chi connectivity index (χ4v) is 2.66. The van der Waals surface area contributed by atoms with E-state index in [-0.39, 0.29) is 12.5 Å². The molecule has 4 atom stereocenters. The molecule has 0 radical (unpaired) electrons. The summed E-state index contributed by atoms with van der Waals surface area (Å²) in [4.78, 5) is 48.9. The number of aliphatic hydroxyl groups is 1. The SMILES string of the molecule is CC(C)C(N)C(=O)NCC(=O)N1CCCC1C(=O)NC(C(=O)O)C(C)O. The number of hydrogen-bond donors (Lipinski definition) is 5. The summed E-state index contributed by atoms with van der Waals surface area (Å²) >= 11 is 0. The minimum Gasteiger partial charge on any atom is -0.480 e. The number of carboxylic acid groups (broad SMARTS) is 1. The van der Waals surface area contributed by atoms with E-state index in [4.69, 9.17) is 10.8 Å². The summed E-state index contributed by atoms with van der Waals surface area (Å²) < 4.78 is 0. The van der Waals surface area contributed by atoms with Crippen molar-refractivity contribution >= 4 is 23.7 Å². The number of nitrogens with zero attached hydrogens (tertiary/aromatic N) is 1. The number of hydrogen-bond acceptors (Lipinski definition) is 6. The van der Waals surface area contributed by atoms with Crippen molar-refractivity contribution in [2.75, 3.05) is 13.1 Å². The minimum absolute atomic E-state index is 0.0798. The number of nitrogens with one attached hydrogen (secondary N) is 2. The third kappa shape index (κ3) is 5.67. The number of aliphatic carboxylic acids is 1. The first-order chi connectivity index (χ1) is 12.1. The highest BCUT2D eigenvalue weighted by Gasteiger charge is 2.36. The quantitative estimate of drug-likeness (QED) is 0.330. The second-order valence-corrected chi connectivity index (χ2v) is 6.80. The average molecular weight is 372 g/mol. The van der Waals surface area contributed by atoms with Crippen LogP contribution in [0, 0.1) is 5.92 Å². The highest BCUT2D eigenvalue weighted by atomic mass is 16.4. The van der Waals surface area contributed by atoms with E-state index in [1.165, 1.54) is 11.8 Å². The molecule has 6 N–H and O–H groups in total. The van der Waals surface area contributed by atoms with Gasteiger partial charge in [-0.1, -0.05) is 13.8 Å². The number of carboxylic acids is 1. The van der Waals surface area contributed by atoms with Crippen LogP contribution in [-0.2, 0) is 19.2 Å². The van der Waals surface area contributed by atoms with E-state index >= 15 is 0 Å². The molecule has 1 fully saturated rings. The smallest absolute Gasteiger partial charge is 0.328 e. The fraction of sp³-hybridized carbons (Fsp3) is 0.750. The molecule has 4 unspecified atom stereocenters. The molecule has 1 aliphatic rings. The largest absolute Gasteiger partial charge is 0.480 e. The van der Waals surface area contributed by atoms with Crippen molar-refractivity contribution in [1.82, 2.24) is 15.5 Å². The minimum atomic E-state index is -1.45. The van der Waals surface area contributed by atoms with E-state index in [0.29, 0.717) is 19.4 Å². The maximum absolute atomic E-state index is 12.3. The standard InChI is InChI=1S/C16H28N4O6/c1-8(2)12(17)15(24)18-7-11(22)20-6-4-5-10(20)14(23)19-13(9(3)21)16(25)26/h8-10,12-13,21H,4-7,17H2,1-3H3,(H,18,24)(H,19,23)(H,25,26). The van der Waals surface area contributed by atoms with Crippen LogP contribution in [0.15, 0.2) is 0 Å². The molecule has 0 aliphatic carbocycles. The zero-order valence-electron chi connectivity index (χ0n) is 15.3. The number of carbonyl (C=O) groups is 4. The van der Waals surface area contributed by atoms with Gasteiger partial charge in [0.25, 0.3) is 0 Å². The van der Waals surface area contributed by atoms with Crippen LogP contribution in [0.1, 0.15) is 33.6 Å². The Bertz CT molecular complexity index is 551. The van der Waals surface area contributed by atoms with Gasteiger partial charge < -0.3 is 31.5 Å². The number of aliphatic hydroxyl groups excluding tert-OH is 1. The second-order valence-electron chi connectivity index (χ2n) is 6.80. The zero-order chi connectivity index (χ0) is 20.0. The molecule has 0 aromatic heterocycles. The summed E-state index contributed by atoms with van der Waals surface area (Å²) in [6.45, 7) is 4.86. The van der Waals surface area contributed by atoms with Crippen molar-refractivity contribution in [3.05, 3.63) is 0 Å². The van der Waals surface area contributed by atoms with E-state index in [0.717, 1.165) is 0 Å². The van der Waals surface area contributed by atoms with Gasteiger partial charge in [-0.05, 0) is 25.7 Å². The average Bonchev–Trinajstić information content (AvgIpc) is 3.05. The molecule has 1 rings (SSSR count). The van der Waals surface area contributed by atoms with Gasteiger partial charge in [0.15, 0.2) is 6.04 Å². The highest BCUT2D eigenvalue weighted by Crippen LogP contribution is 2.18. The molecule has 0 aromatic carbocycles. The molecular formula is C16H28N4O6. The molecule has 1 aliphatic heterocycles. The third-order valence-corrected chi connectivity index (χ3v) is 4.36. The van der Waals surface area contributed by atoms with Crippen molar-refractivity contribution in [3.8, 4) is 0 Å². The van der Waals surface area contributed by atoms with Crippen LogP contribution in [0.2, 0.25) is 0 Å². The van der Waals surface area contributed by atoms with Crippen LogP contribution < -0.4 is 16.4 Å². The molecule has 26 heavy (non-hydrogen) atoms. The Morgan fingerprint density at radius 2 is 1.85 bits per heavy atom. The molecule has 1 heterocycles. The molecule has 1 saturated heterocycles. The van der Waals surface area contributed by atoms with Crippen molar-refractivity contribution in [2.45, 2.75) is 57.8 Å². The number of nitrogens with two attached hydrogens (primary N) is 1. The summed E-state index contributed by atoms with van der Waals surface area (Å²) in [5.74, 6) is -2.98. The van der Waals surface area contributed by atoms with Crippen molar-refractivity contribution in [2.24, 2.45) is 11.7 Å². The van der Waals surface area contributed by atoms with Gasteiger partial charge in [-0.2, -0.15) is 0 Å². The van der Waals surface area contributed by atoms with Crippen LogP contribution >= 0.6 is 0 Å². The highest BCUT2D eigenvalue weighted by molar-refractivity contribution is 5.93. The predicted molar refractivity (Wildman–Crippen MR) is 91.8 cm³/mol. The lowest BCUT2D eigenvalue weighted by Gasteiger charge is -2.26. The summed E-state index contributed by atoms with van der Waals surface area (Å²) in [5.41, 5.74) is 5.71. The molecule has 148 valence electrons. The summed E-state index contributed by atoms with van der Waals surface area (Å²) in [6.07, 6.45) is -0.322. The third-order valence-electron chi connectivity index (χ3n) is 4.36. The van der Waals surface area contributed by atoms with Gasteiger partial charge >= 0.3 is 5.97 Å². The van der Waals surface area contributed by atoms with Gasteiger partial charge in [0.1, 0.15) is 6.04 Å². The van der Waals surface area contributed by atoms with Gasteiger partial charge in [0.05, 0.1) is 18.7 Å². The Morgan fingerprint density at radius 3 is 2.35 bits per heavy atom. The van der Waals surface area contributed by atoms with Gasteiger partial charge in [0, 0.05) is 6.54 Å². The number of carbonyl (C=O) groups excluding carboxylic acids is 3. The van der Waals surface area contributed by atoms with E-state index in [2.05, 4.69) is 10.6 Å². The van der Waals surface area contributed by atoms with Crippen LogP contribution in [0.3, 0.4) is 0 Å². The lowest BCUT2D eigenvalue weighted by molar-refractivity contribution is -0.146. The zero-order valence-corrected chi connectivity index (χ0v) is 15.3. The van der Waals surface area contributed by atoms with Crippen LogP contribution in [0.25, 0.3) is 0 Å². The predicted octanol–water partition coefficient (Wildman–Crippen LogP) is -1.97. The molecule has 10 nitrogen and oxygen atoms in total. The Hall–Kier alpha value is -2.20. The second kappa shape index (κ2) is 9.48. The van der Waals surface area contributed by atoms with Gasteiger partial charge in [-0.15, -0.1) is 0 Å². The number of amides is 3. The Balaban J connectivity index is 2.66. The summed E-state index contributed by atoms with van der Waals surface area (Å²) in [6, 6.07) is -3.02. The van der Waals surface area contributed by atoms with Gasteiger partial charge in [-0.25, -0.2) is 4.79 Å². The molecule has 10 heteroatoms. The first-order valence-electron chi connectivity index (χ1n) is 8.60. The topological polar surface area (TPSA) is 162 Å². The van der Waals surface area contributed by atoms with Crippen LogP contribution in [0.4, 0.5) is 0 Å². The molecule has 0 saturated carbocycles. The number of rotatable bonds is 8. The molecular weight excluding hydrogens is 344 g/mol. The lowest BCUT2D eigenvalue weighted by Crippen LogP contribution is -2.55. The molecule has 3 amide bonds. The Morgan fingerprint density at radius 1 is 1.23 bits per heavy atom. The van der Waals surface area contributed by atoms with E-state index in [1.807, 2.05) is 0 Å². The van der Waals surface area contributed by atoms with Gasteiger partial charge in [0.2, 0.25) is 17.7 Å². The van der Waals surface area contributed by atoms with E-state index in [1.54, 1.807) is 13.8 Å². The lowest BCUT2D eigenvalue weighted by atomic mass is 10.1. The van der Waals surface area contributed by atoms with E-state index < -0.39 is 47.9 Å². The molecule has 0 aromatic rings. The normalized spacial score (nSPS) is 20.4. The van der Waals surface area contributed by atoms with Crippen molar-refractivity contribution < 1.29 is 29.4 Å². The fourth-order valence-electron chi connectivity index (χ4n) is 2.66. The first-order valence-corrected chi connectivity index (χ1v) is 8.60. The maximum Gasteiger partial charge on any atom is 0.328 e. The van der Waals surface area contributed by atoms with Crippen molar-refractivity contribution in [1.29, 1.82) is 0 Å². The van der Waals surface area contributed by atoms with Gasteiger partial charge in [-0.3, -0.25) is 14.4 Å². The maximum atomic E-state index is 12.3. The molecule has 0 bridgehead atoms. The van der Waals surface area contributed by atoms with Crippen LogP contribution in [-0.4, -0.2) is 76.1 Å². The van der Waals surface area contributed by atoms with Crippen molar-refractivity contribution in [3.63, 3.8) is 0 Å². The Labute approximate surface area is 152 Å². The first kappa shape index (κ1) is 21.8. The number of likely N-dealkylation sites (tertiary alicyclic amines) is 1. The molecule has 0 spiro atoms. The monoisotopic (exact) mass is 372 g/mol. The van der Waals surface area contributed by atoms with E-state index in [9.17, 15) is 24.3 Å². The Kier molecular flexibility index (Phi) is 7.97. The summed E-state index contributed by atoms with van der Waals surface area (Å²) in [5, 5.41) is 23.2. The van der Waals surface area contributed by atoms with Crippen LogP contribution in [0.5, 0.6) is 0 Å². The summed E-state index contributed by atoms with van der Waals surface area (Å²) in [7, 11) is 0.